The fraction of sp³-hybridized carbons (Fsp3) is 0.438. The van der Waals surface area contributed by atoms with Crippen LogP contribution in [0.4, 0.5) is 5.69 Å². The fourth-order valence-electron chi connectivity index (χ4n) is 1.92. The molecule has 0 spiro atoms. The molecule has 6 heteroatoms. The number of carbonyl (C=O) groups is 3. The van der Waals surface area contributed by atoms with E-state index >= 15 is 0 Å². The number of anilines is 1. The molecule has 0 fully saturated rings. The lowest BCUT2D eigenvalue weighted by Crippen LogP contribution is -2.40. The number of carbonyl (C=O) groups excluding carboxylic acids is 3. The molecule has 0 unspecified atom stereocenters. The number of esters is 1. The number of nitrogens with one attached hydrogen (secondary N) is 1. The van der Waals surface area contributed by atoms with Gasteiger partial charge in [0.15, 0.2) is 0 Å². The molecule has 6 nitrogen and oxygen atoms in total. The van der Waals surface area contributed by atoms with Gasteiger partial charge in [0.1, 0.15) is 6.54 Å². The predicted molar refractivity (Wildman–Crippen MR) is 83.7 cm³/mol. The van der Waals surface area contributed by atoms with Crippen molar-refractivity contribution >= 4 is 23.5 Å². The monoisotopic (exact) mass is 306 g/mol. The van der Waals surface area contributed by atoms with Gasteiger partial charge in [-0.05, 0) is 25.5 Å². The molecule has 0 bridgehead atoms. The van der Waals surface area contributed by atoms with Crippen molar-refractivity contribution in [2.45, 2.75) is 27.2 Å². The summed E-state index contributed by atoms with van der Waals surface area (Å²) in [7, 11) is 0. The van der Waals surface area contributed by atoms with Gasteiger partial charge in [-0.3, -0.25) is 9.59 Å². The van der Waals surface area contributed by atoms with Crippen molar-refractivity contribution in [2.24, 2.45) is 0 Å². The average Bonchev–Trinajstić information content (AvgIpc) is 2.50. The number of para-hydroxylation sites is 1. The smallest absolute Gasteiger partial charge is 0.340 e. The average molecular weight is 306 g/mol. The summed E-state index contributed by atoms with van der Waals surface area (Å²) in [5, 5.41) is 2.71. The van der Waals surface area contributed by atoms with Crippen LogP contribution in [0.25, 0.3) is 0 Å². The van der Waals surface area contributed by atoms with Gasteiger partial charge in [0, 0.05) is 13.5 Å². The molecule has 0 radical (unpaired) electrons. The molecule has 0 aromatic heterocycles. The highest BCUT2D eigenvalue weighted by Gasteiger charge is 2.21. The Labute approximate surface area is 130 Å². The third-order valence-electron chi connectivity index (χ3n) is 2.94. The minimum absolute atomic E-state index is 0.133. The van der Waals surface area contributed by atoms with E-state index in [0.29, 0.717) is 12.2 Å². The minimum atomic E-state index is -0.515. The minimum Gasteiger partial charge on any atom is -0.462 e. The lowest BCUT2D eigenvalue weighted by molar-refractivity contribution is -0.123. The van der Waals surface area contributed by atoms with Crippen molar-refractivity contribution in [1.82, 2.24) is 5.32 Å². The van der Waals surface area contributed by atoms with Crippen molar-refractivity contribution in [3.8, 4) is 0 Å². The predicted octanol–water partition coefficient (Wildman–Crippen LogP) is 1.74. The molecule has 0 aliphatic rings. The maximum Gasteiger partial charge on any atom is 0.340 e. The molecule has 0 saturated carbocycles. The van der Waals surface area contributed by atoms with Crippen molar-refractivity contribution < 1.29 is 19.1 Å². The van der Waals surface area contributed by atoms with Crippen LogP contribution in [0, 0.1) is 0 Å². The molecule has 22 heavy (non-hydrogen) atoms. The van der Waals surface area contributed by atoms with Crippen molar-refractivity contribution in [2.75, 3.05) is 24.6 Å². The highest BCUT2D eigenvalue weighted by atomic mass is 16.5. The Morgan fingerprint density at radius 2 is 1.86 bits per heavy atom. The Kier molecular flexibility index (Phi) is 7.08. The summed E-state index contributed by atoms with van der Waals surface area (Å²) >= 11 is 0. The maximum absolute atomic E-state index is 12.0. The van der Waals surface area contributed by atoms with Gasteiger partial charge in [0.25, 0.3) is 0 Å². The van der Waals surface area contributed by atoms with Crippen molar-refractivity contribution in [1.29, 1.82) is 0 Å². The molecule has 1 aromatic carbocycles. The number of amides is 2. The quantitative estimate of drug-likeness (QED) is 0.779. The summed E-state index contributed by atoms with van der Waals surface area (Å²) in [6, 6.07) is 6.59. The number of hydrogen-bond donors (Lipinski definition) is 1. The summed E-state index contributed by atoms with van der Waals surface area (Å²) in [5.74, 6) is -1.10. The van der Waals surface area contributed by atoms with Crippen LogP contribution in [0.5, 0.6) is 0 Å². The Balaban J connectivity index is 3.04. The van der Waals surface area contributed by atoms with Gasteiger partial charge in [-0.1, -0.05) is 19.1 Å². The Morgan fingerprint density at radius 1 is 1.18 bits per heavy atom. The molecule has 0 aliphatic heterocycles. The number of benzene rings is 1. The number of ether oxygens (including phenoxy) is 1. The Bertz CT molecular complexity index is 543. The summed E-state index contributed by atoms with van der Waals surface area (Å²) in [4.78, 5) is 37.0. The first kappa shape index (κ1) is 17.7. The van der Waals surface area contributed by atoms with Crippen molar-refractivity contribution in [3.63, 3.8) is 0 Å². The summed E-state index contributed by atoms with van der Waals surface area (Å²) < 4.78 is 4.99. The van der Waals surface area contributed by atoms with Crippen LogP contribution < -0.4 is 10.2 Å². The largest absolute Gasteiger partial charge is 0.462 e. The van der Waals surface area contributed by atoms with E-state index < -0.39 is 5.97 Å². The molecule has 1 aromatic rings. The van der Waals surface area contributed by atoms with E-state index in [2.05, 4.69) is 5.32 Å². The van der Waals surface area contributed by atoms with Crippen LogP contribution in [-0.2, 0) is 14.3 Å². The van der Waals surface area contributed by atoms with Gasteiger partial charge in [0.2, 0.25) is 11.8 Å². The third-order valence-corrected chi connectivity index (χ3v) is 2.94. The zero-order valence-electron chi connectivity index (χ0n) is 13.2. The van der Waals surface area contributed by atoms with Gasteiger partial charge in [0.05, 0.1) is 17.9 Å². The van der Waals surface area contributed by atoms with E-state index in [0.717, 1.165) is 6.42 Å². The van der Waals surface area contributed by atoms with E-state index in [4.69, 9.17) is 4.74 Å². The van der Waals surface area contributed by atoms with Gasteiger partial charge < -0.3 is 15.0 Å². The Hall–Kier alpha value is -2.37. The second-order valence-corrected chi connectivity index (χ2v) is 4.69. The fourth-order valence-corrected chi connectivity index (χ4v) is 1.92. The molecular formula is C16H22N2O4. The molecule has 0 atom stereocenters. The number of rotatable bonds is 7. The van der Waals surface area contributed by atoms with E-state index in [1.807, 2.05) is 6.92 Å². The van der Waals surface area contributed by atoms with Crippen LogP contribution in [-0.4, -0.2) is 37.5 Å². The molecule has 1 N–H and O–H groups in total. The highest BCUT2D eigenvalue weighted by Crippen LogP contribution is 2.21. The topological polar surface area (TPSA) is 75.7 Å². The van der Waals surface area contributed by atoms with Crippen LogP contribution in [0.1, 0.15) is 37.6 Å². The molecule has 120 valence electrons. The van der Waals surface area contributed by atoms with Crippen LogP contribution >= 0.6 is 0 Å². The summed E-state index contributed by atoms with van der Waals surface area (Å²) in [6.07, 6.45) is 0.811. The molecular weight excluding hydrogens is 284 g/mol. The van der Waals surface area contributed by atoms with Gasteiger partial charge in [-0.25, -0.2) is 4.79 Å². The molecule has 2 amide bonds. The number of nitrogens with zero attached hydrogens (tertiary/aromatic N) is 1. The first-order chi connectivity index (χ1) is 10.5. The Morgan fingerprint density at radius 3 is 2.45 bits per heavy atom. The van der Waals surface area contributed by atoms with Gasteiger partial charge in [-0.2, -0.15) is 0 Å². The zero-order chi connectivity index (χ0) is 16.5. The normalized spacial score (nSPS) is 9.95. The second kappa shape index (κ2) is 8.81. The second-order valence-electron chi connectivity index (χ2n) is 4.69. The standard InChI is InChI=1S/C16H22N2O4/c1-4-10-17-15(20)11-18(12(3)19)14-9-7-6-8-13(14)16(21)22-5-2/h6-9H,4-5,10-11H2,1-3H3,(H,17,20). The van der Waals surface area contributed by atoms with Crippen molar-refractivity contribution in [3.05, 3.63) is 29.8 Å². The van der Waals surface area contributed by atoms with E-state index in [-0.39, 0.29) is 30.5 Å². The molecule has 0 saturated heterocycles. The third kappa shape index (κ3) is 4.87. The van der Waals surface area contributed by atoms with E-state index in [1.165, 1.54) is 11.8 Å². The molecule has 0 heterocycles. The zero-order valence-corrected chi connectivity index (χ0v) is 13.2. The molecule has 1 rings (SSSR count). The van der Waals surface area contributed by atoms with Gasteiger partial charge >= 0.3 is 5.97 Å². The first-order valence-corrected chi connectivity index (χ1v) is 7.32. The van der Waals surface area contributed by atoms with E-state index in [1.54, 1.807) is 31.2 Å². The van der Waals surface area contributed by atoms with Crippen LogP contribution in [0.3, 0.4) is 0 Å². The van der Waals surface area contributed by atoms with Gasteiger partial charge in [-0.15, -0.1) is 0 Å². The summed E-state index contributed by atoms with van der Waals surface area (Å²) in [6.45, 7) is 5.66. The maximum atomic E-state index is 12.0. The number of hydrogen-bond acceptors (Lipinski definition) is 4. The SMILES string of the molecule is CCCNC(=O)CN(C(C)=O)c1ccccc1C(=O)OCC. The van der Waals surface area contributed by atoms with Crippen LogP contribution in [0.15, 0.2) is 24.3 Å². The highest BCUT2D eigenvalue weighted by molar-refractivity contribution is 6.04. The first-order valence-electron chi connectivity index (χ1n) is 7.32. The lowest BCUT2D eigenvalue weighted by Gasteiger charge is -2.22. The lowest BCUT2D eigenvalue weighted by atomic mass is 10.1. The molecule has 0 aliphatic carbocycles. The summed E-state index contributed by atoms with van der Waals surface area (Å²) in [5.41, 5.74) is 0.642. The van der Waals surface area contributed by atoms with E-state index in [9.17, 15) is 14.4 Å². The van der Waals surface area contributed by atoms with Crippen LogP contribution in [0.2, 0.25) is 0 Å².